The van der Waals surface area contributed by atoms with Gasteiger partial charge in [0.15, 0.2) is 0 Å². The summed E-state index contributed by atoms with van der Waals surface area (Å²) in [6.07, 6.45) is 2.17. The Balaban J connectivity index is 1.87. The number of nitrogens with zero attached hydrogens (tertiary/aromatic N) is 1. The second-order valence-corrected chi connectivity index (χ2v) is 6.19. The second kappa shape index (κ2) is 6.07. The standard InChI is InChI=1S/C20H23NO2/c1-3-21(4-2)19(23)15-8-10-16(11-9-15)20(12-13-20)17-6-5-7-18(22)14-17/h5-11,14,22H,3-4,12-13H2,1-2H3. The molecule has 1 N–H and O–H groups in total. The first kappa shape index (κ1) is 15.6. The van der Waals surface area contributed by atoms with Crippen LogP contribution >= 0.6 is 0 Å². The molecular weight excluding hydrogens is 286 g/mol. The molecule has 3 nitrogen and oxygen atoms in total. The van der Waals surface area contributed by atoms with Crippen molar-refractivity contribution in [1.29, 1.82) is 0 Å². The molecule has 1 amide bonds. The lowest BCUT2D eigenvalue weighted by Gasteiger charge is -2.20. The second-order valence-electron chi connectivity index (χ2n) is 6.19. The van der Waals surface area contributed by atoms with Crippen molar-refractivity contribution in [2.75, 3.05) is 13.1 Å². The smallest absolute Gasteiger partial charge is 0.253 e. The van der Waals surface area contributed by atoms with Crippen LogP contribution in [0.2, 0.25) is 0 Å². The summed E-state index contributed by atoms with van der Waals surface area (Å²) in [7, 11) is 0. The first-order valence-electron chi connectivity index (χ1n) is 8.30. The SMILES string of the molecule is CCN(CC)C(=O)c1ccc(C2(c3cccc(O)c3)CC2)cc1. The maximum absolute atomic E-state index is 12.4. The lowest BCUT2D eigenvalue weighted by atomic mass is 9.87. The van der Waals surface area contributed by atoms with Gasteiger partial charge in [-0.25, -0.2) is 0 Å². The van der Waals surface area contributed by atoms with E-state index in [1.54, 1.807) is 6.07 Å². The number of aromatic hydroxyl groups is 1. The molecule has 1 aliphatic rings. The average molecular weight is 309 g/mol. The number of benzene rings is 2. The molecule has 3 heteroatoms. The van der Waals surface area contributed by atoms with Crippen molar-refractivity contribution in [3.63, 3.8) is 0 Å². The van der Waals surface area contributed by atoms with E-state index in [4.69, 9.17) is 0 Å². The number of amides is 1. The molecule has 0 saturated heterocycles. The third kappa shape index (κ3) is 2.83. The highest BCUT2D eigenvalue weighted by molar-refractivity contribution is 5.94. The van der Waals surface area contributed by atoms with Crippen molar-refractivity contribution < 1.29 is 9.90 Å². The van der Waals surface area contributed by atoms with Crippen molar-refractivity contribution in [2.45, 2.75) is 32.1 Å². The van der Waals surface area contributed by atoms with Gasteiger partial charge in [0.1, 0.15) is 5.75 Å². The number of rotatable bonds is 5. The predicted molar refractivity (Wildman–Crippen MR) is 91.8 cm³/mol. The minimum atomic E-state index is 0.00944. The van der Waals surface area contributed by atoms with Crippen LogP contribution in [0.1, 0.15) is 48.2 Å². The third-order valence-corrected chi connectivity index (χ3v) is 4.88. The van der Waals surface area contributed by atoms with Gasteiger partial charge in [-0.05, 0) is 62.1 Å². The number of hydrogen-bond acceptors (Lipinski definition) is 2. The van der Waals surface area contributed by atoms with Crippen LogP contribution in [0.15, 0.2) is 48.5 Å². The van der Waals surface area contributed by atoms with Crippen LogP contribution in [0.3, 0.4) is 0 Å². The monoisotopic (exact) mass is 309 g/mol. The van der Waals surface area contributed by atoms with Gasteiger partial charge in [-0.3, -0.25) is 4.79 Å². The van der Waals surface area contributed by atoms with Crippen molar-refractivity contribution in [1.82, 2.24) is 4.90 Å². The molecule has 23 heavy (non-hydrogen) atoms. The topological polar surface area (TPSA) is 40.5 Å². The zero-order chi connectivity index (χ0) is 16.4. The molecule has 2 aromatic rings. The number of carbonyl (C=O) groups excluding carboxylic acids is 1. The Hall–Kier alpha value is -2.29. The molecule has 0 radical (unpaired) electrons. The van der Waals surface area contributed by atoms with Crippen molar-refractivity contribution >= 4 is 5.91 Å². The molecule has 0 bridgehead atoms. The van der Waals surface area contributed by atoms with E-state index in [9.17, 15) is 9.90 Å². The van der Waals surface area contributed by atoms with Crippen molar-refractivity contribution in [3.05, 3.63) is 65.2 Å². The van der Waals surface area contributed by atoms with Crippen LogP contribution < -0.4 is 0 Å². The van der Waals surface area contributed by atoms with E-state index in [0.29, 0.717) is 5.75 Å². The van der Waals surface area contributed by atoms with E-state index in [1.807, 2.05) is 43.0 Å². The molecule has 2 aromatic carbocycles. The summed E-state index contributed by atoms with van der Waals surface area (Å²) in [4.78, 5) is 14.2. The highest BCUT2D eigenvalue weighted by atomic mass is 16.3. The fourth-order valence-electron chi connectivity index (χ4n) is 3.30. The van der Waals surface area contributed by atoms with E-state index in [-0.39, 0.29) is 11.3 Å². The van der Waals surface area contributed by atoms with Gasteiger partial charge in [0, 0.05) is 24.1 Å². The maximum Gasteiger partial charge on any atom is 0.253 e. The van der Waals surface area contributed by atoms with Gasteiger partial charge in [0.05, 0.1) is 0 Å². The highest BCUT2D eigenvalue weighted by Crippen LogP contribution is 2.53. The lowest BCUT2D eigenvalue weighted by Crippen LogP contribution is -2.30. The number of carbonyl (C=O) groups is 1. The van der Waals surface area contributed by atoms with Gasteiger partial charge in [-0.15, -0.1) is 0 Å². The molecule has 0 aromatic heterocycles. The van der Waals surface area contributed by atoms with Crippen molar-refractivity contribution in [2.24, 2.45) is 0 Å². The third-order valence-electron chi connectivity index (χ3n) is 4.88. The Morgan fingerprint density at radius 1 is 1.04 bits per heavy atom. The lowest BCUT2D eigenvalue weighted by molar-refractivity contribution is 0.0773. The number of phenols is 1. The van der Waals surface area contributed by atoms with Crippen LogP contribution in [-0.2, 0) is 5.41 Å². The number of hydrogen-bond donors (Lipinski definition) is 1. The minimum absolute atomic E-state index is 0.00944. The van der Waals surface area contributed by atoms with Crippen LogP contribution in [0.25, 0.3) is 0 Å². The van der Waals surface area contributed by atoms with Gasteiger partial charge in [-0.2, -0.15) is 0 Å². The van der Waals surface area contributed by atoms with Gasteiger partial charge < -0.3 is 10.0 Å². The zero-order valence-corrected chi connectivity index (χ0v) is 13.7. The molecule has 1 aliphatic carbocycles. The first-order valence-corrected chi connectivity index (χ1v) is 8.30. The summed E-state index contributed by atoms with van der Waals surface area (Å²) in [5.74, 6) is 0.394. The van der Waals surface area contributed by atoms with Crippen LogP contribution in [0.4, 0.5) is 0 Å². The van der Waals surface area contributed by atoms with Gasteiger partial charge in [0.25, 0.3) is 5.91 Å². The molecule has 0 spiro atoms. The molecule has 0 heterocycles. The molecule has 1 saturated carbocycles. The van der Waals surface area contributed by atoms with E-state index < -0.39 is 0 Å². The summed E-state index contributed by atoms with van der Waals surface area (Å²) in [6, 6.07) is 15.5. The largest absolute Gasteiger partial charge is 0.508 e. The molecule has 0 aliphatic heterocycles. The molecule has 3 rings (SSSR count). The van der Waals surface area contributed by atoms with Crippen molar-refractivity contribution in [3.8, 4) is 5.75 Å². The zero-order valence-electron chi connectivity index (χ0n) is 13.7. The van der Waals surface area contributed by atoms with E-state index in [2.05, 4.69) is 18.2 Å². The predicted octanol–water partition coefficient (Wildman–Crippen LogP) is 3.95. The molecular formula is C20H23NO2. The van der Waals surface area contributed by atoms with Gasteiger partial charge in [-0.1, -0.05) is 24.3 Å². The fraction of sp³-hybridized carbons (Fsp3) is 0.350. The maximum atomic E-state index is 12.4. The summed E-state index contributed by atoms with van der Waals surface area (Å²) in [6.45, 7) is 5.45. The fourth-order valence-corrected chi connectivity index (χ4v) is 3.30. The normalized spacial score (nSPS) is 15.2. The quantitative estimate of drug-likeness (QED) is 0.908. The summed E-state index contributed by atoms with van der Waals surface area (Å²) >= 11 is 0. The Morgan fingerprint density at radius 2 is 1.70 bits per heavy atom. The summed E-state index contributed by atoms with van der Waals surface area (Å²) < 4.78 is 0. The summed E-state index contributed by atoms with van der Waals surface area (Å²) in [5.41, 5.74) is 3.12. The summed E-state index contributed by atoms with van der Waals surface area (Å²) in [5, 5.41) is 9.73. The Bertz CT molecular complexity index is 698. The minimum Gasteiger partial charge on any atom is -0.508 e. The molecule has 1 fully saturated rings. The Labute approximate surface area is 137 Å². The first-order chi connectivity index (χ1) is 11.1. The average Bonchev–Trinajstić information content (AvgIpc) is 3.38. The molecule has 0 unspecified atom stereocenters. The van der Waals surface area contributed by atoms with E-state index >= 15 is 0 Å². The van der Waals surface area contributed by atoms with Gasteiger partial charge in [0.2, 0.25) is 0 Å². The molecule has 0 atom stereocenters. The van der Waals surface area contributed by atoms with E-state index in [0.717, 1.165) is 37.1 Å². The van der Waals surface area contributed by atoms with E-state index in [1.165, 1.54) is 5.56 Å². The van der Waals surface area contributed by atoms with Crippen LogP contribution in [0, 0.1) is 0 Å². The van der Waals surface area contributed by atoms with Crippen LogP contribution in [-0.4, -0.2) is 29.0 Å². The Kier molecular flexibility index (Phi) is 4.12. The van der Waals surface area contributed by atoms with Crippen LogP contribution in [0.5, 0.6) is 5.75 Å². The molecule has 120 valence electrons. The highest BCUT2D eigenvalue weighted by Gasteiger charge is 2.45. The van der Waals surface area contributed by atoms with Gasteiger partial charge >= 0.3 is 0 Å². The number of phenolic OH excluding ortho intramolecular Hbond substituents is 1. The Morgan fingerprint density at radius 3 is 2.22 bits per heavy atom.